The van der Waals surface area contributed by atoms with Crippen molar-refractivity contribution in [2.45, 2.75) is 45.4 Å². The molecular formula is C21H26N2O3S. The summed E-state index contributed by atoms with van der Waals surface area (Å²) in [6.07, 6.45) is 9.84. The number of esters is 1. The molecular weight excluding hydrogens is 360 g/mol. The Hall–Kier alpha value is -2.08. The molecule has 1 amide bonds. The summed E-state index contributed by atoms with van der Waals surface area (Å²) in [5.74, 6) is -0.0692. The van der Waals surface area contributed by atoms with E-state index < -0.39 is 0 Å². The lowest BCUT2D eigenvalue weighted by molar-refractivity contribution is -0.149. The van der Waals surface area contributed by atoms with E-state index in [0.717, 1.165) is 29.8 Å². The Labute approximate surface area is 163 Å². The third-order valence-electron chi connectivity index (χ3n) is 5.61. The van der Waals surface area contributed by atoms with E-state index in [2.05, 4.69) is 4.57 Å². The van der Waals surface area contributed by atoms with Crippen molar-refractivity contribution in [1.82, 2.24) is 9.47 Å². The lowest BCUT2D eigenvalue weighted by Crippen LogP contribution is -2.41. The molecule has 0 saturated carbocycles. The molecule has 4 rings (SSSR count). The number of hydrogen-bond donors (Lipinski definition) is 0. The van der Waals surface area contributed by atoms with Gasteiger partial charge in [-0.3, -0.25) is 9.59 Å². The normalized spacial score (nSPS) is 17.6. The molecule has 1 aliphatic heterocycles. The van der Waals surface area contributed by atoms with Gasteiger partial charge in [0.25, 0.3) is 5.91 Å². The lowest BCUT2D eigenvalue weighted by Gasteiger charge is -2.31. The van der Waals surface area contributed by atoms with E-state index in [9.17, 15) is 9.59 Å². The first-order chi connectivity index (χ1) is 13.2. The summed E-state index contributed by atoms with van der Waals surface area (Å²) in [5.41, 5.74) is 2.15. The van der Waals surface area contributed by atoms with Gasteiger partial charge >= 0.3 is 5.97 Å². The number of piperidine rings is 1. The molecule has 0 bridgehead atoms. The van der Waals surface area contributed by atoms with Crippen LogP contribution in [0.1, 0.15) is 53.4 Å². The monoisotopic (exact) mass is 386 g/mol. The molecule has 0 radical (unpaired) electrons. The summed E-state index contributed by atoms with van der Waals surface area (Å²) in [6, 6.07) is 4.00. The Morgan fingerprint density at radius 2 is 1.85 bits per heavy atom. The van der Waals surface area contributed by atoms with Crippen LogP contribution in [0.25, 0.3) is 5.00 Å². The summed E-state index contributed by atoms with van der Waals surface area (Å²) in [4.78, 5) is 28.7. The third kappa shape index (κ3) is 3.55. The summed E-state index contributed by atoms with van der Waals surface area (Å²) >= 11 is 1.77. The fourth-order valence-electron chi connectivity index (χ4n) is 4.16. The van der Waals surface area contributed by atoms with Gasteiger partial charge < -0.3 is 14.2 Å². The van der Waals surface area contributed by atoms with Crippen molar-refractivity contribution in [1.29, 1.82) is 0 Å². The van der Waals surface area contributed by atoms with E-state index >= 15 is 0 Å². The number of fused-ring (bicyclic) bond motifs is 1. The minimum absolute atomic E-state index is 0.0747. The first-order valence-electron chi connectivity index (χ1n) is 9.92. The molecule has 1 saturated heterocycles. The molecule has 1 fully saturated rings. The van der Waals surface area contributed by atoms with Crippen LogP contribution in [0.15, 0.2) is 24.5 Å². The molecule has 0 unspecified atom stereocenters. The highest BCUT2D eigenvalue weighted by Gasteiger charge is 2.33. The van der Waals surface area contributed by atoms with Crippen LogP contribution in [-0.4, -0.2) is 41.0 Å². The number of nitrogens with zero attached hydrogens (tertiary/aromatic N) is 2. The molecule has 0 atom stereocenters. The molecule has 2 aliphatic rings. The first kappa shape index (κ1) is 18.3. The molecule has 0 aromatic carbocycles. The van der Waals surface area contributed by atoms with Crippen LogP contribution in [0.2, 0.25) is 0 Å². The highest BCUT2D eigenvalue weighted by Crippen LogP contribution is 2.38. The van der Waals surface area contributed by atoms with E-state index in [4.69, 9.17) is 4.74 Å². The van der Waals surface area contributed by atoms with Crippen molar-refractivity contribution in [2.75, 3.05) is 19.7 Å². The maximum atomic E-state index is 13.5. The Kier molecular flexibility index (Phi) is 5.34. The third-order valence-corrected chi connectivity index (χ3v) is 6.91. The van der Waals surface area contributed by atoms with E-state index in [1.807, 2.05) is 36.4 Å². The Morgan fingerprint density at radius 1 is 1.15 bits per heavy atom. The van der Waals surface area contributed by atoms with Crippen LogP contribution < -0.4 is 0 Å². The maximum Gasteiger partial charge on any atom is 0.309 e. The number of carbonyl (C=O) groups excluding carboxylic acids is 2. The standard InChI is InChI=1S/C21H26N2O3S/c1-2-26-21(25)15-9-13-22(14-10-15)19(24)18-16-7-3-4-8-17(16)27-20(18)23-11-5-6-12-23/h5-6,11-12,15H,2-4,7-10,13-14H2,1H3. The summed E-state index contributed by atoms with van der Waals surface area (Å²) in [7, 11) is 0. The number of amides is 1. The van der Waals surface area contributed by atoms with Crippen molar-refractivity contribution in [3.8, 4) is 5.00 Å². The first-order valence-corrected chi connectivity index (χ1v) is 10.7. The van der Waals surface area contributed by atoms with Crippen LogP contribution in [0, 0.1) is 5.92 Å². The second-order valence-corrected chi connectivity index (χ2v) is 8.38. The summed E-state index contributed by atoms with van der Waals surface area (Å²) < 4.78 is 7.22. The van der Waals surface area contributed by atoms with Crippen molar-refractivity contribution in [3.63, 3.8) is 0 Å². The largest absolute Gasteiger partial charge is 0.466 e. The van der Waals surface area contributed by atoms with Gasteiger partial charge in [0.1, 0.15) is 5.00 Å². The molecule has 0 spiro atoms. The quantitative estimate of drug-likeness (QED) is 0.751. The number of thiophene rings is 1. The minimum atomic E-state index is -0.120. The number of aryl methyl sites for hydroxylation is 1. The van der Waals surface area contributed by atoms with Gasteiger partial charge in [-0.1, -0.05) is 0 Å². The summed E-state index contributed by atoms with van der Waals surface area (Å²) in [6.45, 7) is 3.49. The van der Waals surface area contributed by atoms with Gasteiger partial charge in [-0.05, 0) is 63.1 Å². The molecule has 144 valence electrons. The number of hydrogen-bond acceptors (Lipinski definition) is 4. The van der Waals surface area contributed by atoms with E-state index in [1.165, 1.54) is 16.9 Å². The highest BCUT2D eigenvalue weighted by molar-refractivity contribution is 7.15. The Bertz CT molecular complexity index is 817. The topological polar surface area (TPSA) is 51.5 Å². The predicted octanol–water partition coefficient (Wildman–Crippen LogP) is 3.83. The molecule has 27 heavy (non-hydrogen) atoms. The second-order valence-electron chi connectivity index (χ2n) is 7.30. The number of ether oxygens (including phenoxy) is 1. The molecule has 2 aromatic rings. The van der Waals surface area contributed by atoms with Gasteiger partial charge in [-0.25, -0.2) is 0 Å². The minimum Gasteiger partial charge on any atom is -0.466 e. The van der Waals surface area contributed by atoms with Crippen molar-refractivity contribution in [3.05, 3.63) is 40.5 Å². The number of likely N-dealkylation sites (tertiary alicyclic amines) is 1. The van der Waals surface area contributed by atoms with Crippen LogP contribution in [0.4, 0.5) is 0 Å². The van der Waals surface area contributed by atoms with Gasteiger partial charge in [-0.15, -0.1) is 11.3 Å². The molecule has 6 heteroatoms. The molecule has 3 heterocycles. The summed E-state index contributed by atoms with van der Waals surface area (Å²) in [5, 5.41) is 1.05. The zero-order valence-corrected chi connectivity index (χ0v) is 16.6. The zero-order chi connectivity index (χ0) is 18.8. The number of carbonyl (C=O) groups is 2. The van der Waals surface area contributed by atoms with Gasteiger partial charge in [0.15, 0.2) is 0 Å². The van der Waals surface area contributed by atoms with Gasteiger partial charge in [0.2, 0.25) is 0 Å². The van der Waals surface area contributed by atoms with E-state index in [0.29, 0.717) is 32.5 Å². The Balaban J connectivity index is 1.57. The smallest absolute Gasteiger partial charge is 0.309 e. The molecule has 1 aliphatic carbocycles. The van der Waals surface area contributed by atoms with E-state index in [1.54, 1.807) is 11.3 Å². The van der Waals surface area contributed by atoms with Gasteiger partial charge in [0, 0.05) is 30.4 Å². The van der Waals surface area contributed by atoms with E-state index in [-0.39, 0.29) is 17.8 Å². The second kappa shape index (κ2) is 7.89. The Morgan fingerprint density at radius 3 is 2.56 bits per heavy atom. The average Bonchev–Trinajstić information content (AvgIpc) is 3.35. The van der Waals surface area contributed by atoms with Gasteiger partial charge in [-0.2, -0.15) is 0 Å². The van der Waals surface area contributed by atoms with Crippen LogP contribution in [0.5, 0.6) is 0 Å². The number of aromatic nitrogens is 1. The van der Waals surface area contributed by atoms with Crippen molar-refractivity contribution < 1.29 is 14.3 Å². The maximum absolute atomic E-state index is 13.5. The molecule has 5 nitrogen and oxygen atoms in total. The molecule has 0 N–H and O–H groups in total. The van der Waals surface area contributed by atoms with Gasteiger partial charge in [0.05, 0.1) is 18.1 Å². The predicted molar refractivity (Wildman–Crippen MR) is 106 cm³/mol. The van der Waals surface area contributed by atoms with Crippen molar-refractivity contribution in [2.24, 2.45) is 5.92 Å². The average molecular weight is 387 g/mol. The molecule has 2 aromatic heterocycles. The lowest BCUT2D eigenvalue weighted by atomic mass is 9.93. The highest BCUT2D eigenvalue weighted by atomic mass is 32.1. The van der Waals surface area contributed by atoms with Crippen LogP contribution in [-0.2, 0) is 22.4 Å². The fraction of sp³-hybridized carbons (Fsp3) is 0.524. The zero-order valence-electron chi connectivity index (χ0n) is 15.8. The number of rotatable bonds is 4. The van der Waals surface area contributed by atoms with Crippen LogP contribution in [0.3, 0.4) is 0 Å². The van der Waals surface area contributed by atoms with Crippen LogP contribution >= 0.6 is 11.3 Å². The van der Waals surface area contributed by atoms with Crippen molar-refractivity contribution >= 4 is 23.2 Å². The fourth-order valence-corrected chi connectivity index (χ4v) is 5.51. The SMILES string of the molecule is CCOC(=O)C1CCN(C(=O)c2c(-n3cccc3)sc3c2CCCC3)CC1.